The molecule has 0 saturated carbocycles. The third-order valence-corrected chi connectivity index (χ3v) is 4.71. The average Bonchev–Trinajstić information content (AvgIpc) is 3.05. The Morgan fingerprint density at radius 1 is 1.15 bits per heavy atom. The van der Waals surface area contributed by atoms with Crippen LogP contribution in [0.25, 0.3) is 10.9 Å². The highest BCUT2D eigenvalue weighted by Crippen LogP contribution is 2.36. The Morgan fingerprint density at radius 2 is 1.92 bits per heavy atom. The summed E-state index contributed by atoms with van der Waals surface area (Å²) in [5.74, 6) is -0.0468. The van der Waals surface area contributed by atoms with Crippen molar-refractivity contribution in [3.63, 3.8) is 0 Å². The Kier molecular flexibility index (Phi) is 5.96. The van der Waals surface area contributed by atoms with Crippen molar-refractivity contribution < 1.29 is 5.11 Å². The van der Waals surface area contributed by atoms with Crippen molar-refractivity contribution in [2.45, 2.75) is 39.4 Å². The minimum absolute atomic E-state index is 0.0468. The molecule has 3 aromatic rings. The van der Waals surface area contributed by atoms with Gasteiger partial charge >= 0.3 is 0 Å². The fraction of sp³-hybridized carbons (Fsp3) is 0.389. The van der Waals surface area contributed by atoms with Gasteiger partial charge in [0.25, 0.3) is 0 Å². The number of phenolic OH excluding ortho intramolecular Hbond substituents is 1. The molecule has 1 aromatic carbocycles. The number of hydrogen-bond donors (Lipinski definition) is 1. The van der Waals surface area contributed by atoms with Gasteiger partial charge in [0.05, 0.1) is 21.4 Å². The first kappa shape index (κ1) is 18.9. The molecule has 0 aliphatic carbocycles. The van der Waals surface area contributed by atoms with Crippen molar-refractivity contribution >= 4 is 34.1 Å². The number of halogens is 2. The maximum absolute atomic E-state index is 10.2. The molecule has 8 heteroatoms. The van der Waals surface area contributed by atoms with Crippen LogP contribution in [0.15, 0.2) is 24.4 Å². The van der Waals surface area contributed by atoms with Crippen molar-refractivity contribution in [1.82, 2.24) is 24.9 Å². The maximum atomic E-state index is 10.2. The molecule has 0 unspecified atom stereocenters. The molecule has 2 aromatic heterocycles. The number of aromatic nitrogens is 4. The molecule has 0 fully saturated rings. The molecule has 0 spiro atoms. The zero-order chi connectivity index (χ0) is 18.7. The molecular weight excluding hydrogens is 372 g/mol. The zero-order valence-electron chi connectivity index (χ0n) is 14.8. The van der Waals surface area contributed by atoms with E-state index in [2.05, 4.69) is 27.1 Å². The topological polar surface area (TPSA) is 67.1 Å². The number of phenols is 1. The van der Waals surface area contributed by atoms with Crippen molar-refractivity contribution in [3.8, 4) is 5.75 Å². The van der Waals surface area contributed by atoms with Crippen LogP contribution in [0.4, 0.5) is 0 Å². The van der Waals surface area contributed by atoms with Gasteiger partial charge in [-0.3, -0.25) is 9.58 Å². The molecule has 0 saturated heterocycles. The Labute approximate surface area is 162 Å². The van der Waals surface area contributed by atoms with Gasteiger partial charge in [0.15, 0.2) is 5.75 Å². The molecule has 0 bridgehead atoms. The van der Waals surface area contributed by atoms with E-state index in [-0.39, 0.29) is 10.8 Å². The SMILES string of the molecule is CCCCn1cc(CN([11CH3])Cc2ccc3c(Cl)cc(Cl)c(O)c3n2)nn1. The molecule has 0 amide bonds. The summed E-state index contributed by atoms with van der Waals surface area (Å²) in [7, 11) is 1.99. The zero-order valence-corrected chi connectivity index (χ0v) is 16.3. The van der Waals surface area contributed by atoms with Crippen molar-refractivity contribution in [3.05, 3.63) is 45.8 Å². The fourth-order valence-corrected chi connectivity index (χ4v) is 3.30. The van der Waals surface area contributed by atoms with Crippen LogP contribution in [-0.4, -0.2) is 37.0 Å². The van der Waals surface area contributed by atoms with E-state index in [1.54, 1.807) is 0 Å². The van der Waals surface area contributed by atoms with Gasteiger partial charge in [-0.05, 0) is 31.7 Å². The summed E-state index contributed by atoms with van der Waals surface area (Å²) in [6.07, 6.45) is 4.20. The van der Waals surface area contributed by atoms with Gasteiger partial charge in [0, 0.05) is 31.2 Å². The molecule has 0 atom stereocenters. The summed E-state index contributed by atoms with van der Waals surface area (Å²) in [6.45, 7) is 4.30. The lowest BCUT2D eigenvalue weighted by Crippen LogP contribution is -2.18. The average molecular weight is 393 g/mol. The van der Waals surface area contributed by atoms with Gasteiger partial charge in [0.1, 0.15) is 5.52 Å². The minimum Gasteiger partial charge on any atom is -0.504 e. The van der Waals surface area contributed by atoms with Gasteiger partial charge in [-0.15, -0.1) is 5.10 Å². The molecular formula is C18H21Cl2N5O. The van der Waals surface area contributed by atoms with Crippen LogP contribution in [-0.2, 0) is 19.6 Å². The second kappa shape index (κ2) is 8.20. The molecule has 0 aliphatic heterocycles. The summed E-state index contributed by atoms with van der Waals surface area (Å²) < 4.78 is 1.88. The summed E-state index contributed by atoms with van der Waals surface area (Å²) in [5, 5.41) is 19.9. The monoisotopic (exact) mass is 392 g/mol. The molecule has 0 radical (unpaired) electrons. The highest BCUT2D eigenvalue weighted by atomic mass is 35.5. The number of unbranched alkanes of at least 4 members (excludes halogenated alkanes) is 1. The number of fused-ring (bicyclic) bond motifs is 1. The molecule has 1 N–H and O–H groups in total. The number of aryl methyl sites for hydroxylation is 1. The summed E-state index contributed by atoms with van der Waals surface area (Å²) in [4.78, 5) is 6.61. The lowest BCUT2D eigenvalue weighted by atomic mass is 10.1. The first-order chi connectivity index (χ1) is 12.5. The Bertz CT molecular complexity index is 912. The van der Waals surface area contributed by atoms with E-state index in [1.807, 2.05) is 30.1 Å². The summed E-state index contributed by atoms with van der Waals surface area (Å²) in [5.41, 5.74) is 2.14. The standard InChI is InChI=1S/C18H21Cl2N5O/c1-3-4-7-25-11-13(22-23-25)10-24(2)9-12-5-6-14-15(19)8-16(20)18(26)17(14)21-12/h5-6,8,11,26H,3-4,7,9-10H2,1-2H3/i2-1. The van der Waals surface area contributed by atoms with E-state index in [9.17, 15) is 5.11 Å². The number of benzene rings is 1. The molecule has 3 rings (SSSR count). The predicted octanol–water partition coefficient (Wildman–Crippen LogP) is 4.27. The van der Waals surface area contributed by atoms with Crippen LogP contribution < -0.4 is 0 Å². The van der Waals surface area contributed by atoms with Gasteiger partial charge in [-0.2, -0.15) is 0 Å². The number of pyridine rings is 1. The second-order valence-corrected chi connectivity index (χ2v) is 7.20. The Balaban J connectivity index is 1.72. The van der Waals surface area contributed by atoms with Crippen LogP contribution in [0.3, 0.4) is 0 Å². The van der Waals surface area contributed by atoms with Crippen LogP contribution in [0.5, 0.6) is 5.75 Å². The number of hydrogen-bond acceptors (Lipinski definition) is 5. The number of rotatable bonds is 7. The van der Waals surface area contributed by atoms with Gasteiger partial charge < -0.3 is 5.11 Å². The molecule has 0 aliphatic rings. The molecule has 138 valence electrons. The predicted molar refractivity (Wildman–Crippen MR) is 104 cm³/mol. The van der Waals surface area contributed by atoms with Crippen LogP contribution >= 0.6 is 23.2 Å². The Hall–Kier alpha value is -1.89. The van der Waals surface area contributed by atoms with Crippen molar-refractivity contribution in [2.75, 3.05) is 7.05 Å². The van der Waals surface area contributed by atoms with E-state index < -0.39 is 0 Å². The lowest BCUT2D eigenvalue weighted by Gasteiger charge is -2.15. The number of nitrogens with zero attached hydrogens (tertiary/aromatic N) is 5. The first-order valence-electron chi connectivity index (χ1n) is 8.52. The quantitative estimate of drug-likeness (QED) is 0.649. The lowest BCUT2D eigenvalue weighted by molar-refractivity contribution is 0.311. The minimum atomic E-state index is -0.0468. The number of aromatic hydroxyl groups is 1. The van der Waals surface area contributed by atoms with E-state index in [0.717, 1.165) is 30.8 Å². The first-order valence-corrected chi connectivity index (χ1v) is 9.27. The highest BCUT2D eigenvalue weighted by Gasteiger charge is 2.13. The van der Waals surface area contributed by atoms with Crippen molar-refractivity contribution in [2.24, 2.45) is 0 Å². The van der Waals surface area contributed by atoms with Crippen LogP contribution in [0.2, 0.25) is 10.0 Å². The summed E-state index contributed by atoms with van der Waals surface area (Å²) >= 11 is 12.2. The second-order valence-electron chi connectivity index (χ2n) is 6.39. The van der Waals surface area contributed by atoms with Gasteiger partial charge in [-0.25, -0.2) is 4.98 Å². The van der Waals surface area contributed by atoms with Gasteiger partial charge in [-0.1, -0.05) is 41.8 Å². The van der Waals surface area contributed by atoms with E-state index in [4.69, 9.17) is 23.2 Å². The summed E-state index contributed by atoms with van der Waals surface area (Å²) in [6, 6.07) is 5.27. The normalized spacial score (nSPS) is 11.6. The van der Waals surface area contributed by atoms with Crippen LogP contribution in [0.1, 0.15) is 31.2 Å². The van der Waals surface area contributed by atoms with E-state index in [0.29, 0.717) is 29.0 Å². The Morgan fingerprint density at radius 3 is 2.69 bits per heavy atom. The molecule has 6 nitrogen and oxygen atoms in total. The maximum Gasteiger partial charge on any atom is 0.160 e. The fourth-order valence-electron chi connectivity index (χ4n) is 2.78. The van der Waals surface area contributed by atoms with E-state index >= 15 is 0 Å². The van der Waals surface area contributed by atoms with Crippen LogP contribution in [0, 0.1) is 0 Å². The molecule has 26 heavy (non-hydrogen) atoms. The molecule has 2 heterocycles. The van der Waals surface area contributed by atoms with E-state index in [1.165, 1.54) is 6.07 Å². The largest absolute Gasteiger partial charge is 0.504 e. The van der Waals surface area contributed by atoms with Crippen molar-refractivity contribution in [1.29, 1.82) is 0 Å². The third-order valence-electron chi connectivity index (χ3n) is 4.10. The highest BCUT2D eigenvalue weighted by molar-refractivity contribution is 6.39. The smallest absolute Gasteiger partial charge is 0.160 e. The third kappa shape index (κ3) is 4.26. The van der Waals surface area contributed by atoms with Gasteiger partial charge in [0.2, 0.25) is 0 Å².